The lowest BCUT2D eigenvalue weighted by Gasteiger charge is -2.09. The van der Waals surface area contributed by atoms with Crippen molar-refractivity contribution in [1.82, 2.24) is 59.8 Å². The molecule has 0 fully saturated rings. The zero-order valence-electron chi connectivity index (χ0n) is 70.4. The van der Waals surface area contributed by atoms with Gasteiger partial charge in [-0.15, -0.1) is 0 Å². The number of ether oxygens (including phenoxy) is 8. The third kappa shape index (κ3) is 18.6. The molecule has 0 radical (unpaired) electrons. The van der Waals surface area contributed by atoms with Gasteiger partial charge in [0.2, 0.25) is 0 Å². The molecule has 14 heterocycles. The second-order valence-corrected chi connectivity index (χ2v) is 30.4. The maximum absolute atomic E-state index is 6.15. The van der Waals surface area contributed by atoms with Gasteiger partial charge in [-0.3, -0.25) is 19.9 Å². The Morgan fingerprint density at radius 3 is 0.594 bits per heavy atom. The fourth-order valence-corrected chi connectivity index (χ4v) is 16.1. The molecule has 0 aliphatic carbocycles. The SMILES string of the molecule is COCCOCCOCCOc1ccc(-c2c3nc(c(-c4ccncc4)c4ccc([nH]4)c(-c4ccc(C#Cc5ccc(C#Cc6ccc(-c7c8nc(c(-c9ccncc9)c9ccc([nH]9)c(-c9ccc(OCCOCCOCCOC)cc9)c9nc(c(-c%10ccncc%10)c%10ccc7[nH]%10)C=C9)C=C8)cc6)cc5)cc4)c4nc(c(-c5ccncc5)c5ccc2[nH]5)C=C4)C=C3)cc1. The molecule has 128 heavy (non-hydrogen) atoms. The fourth-order valence-electron chi connectivity index (χ4n) is 16.1. The molecule has 20 heteroatoms. The Hall–Kier alpha value is -15.6. The van der Waals surface area contributed by atoms with Crippen LogP contribution in [0.4, 0.5) is 0 Å². The highest BCUT2D eigenvalue weighted by Crippen LogP contribution is 2.43. The van der Waals surface area contributed by atoms with Crippen molar-refractivity contribution in [2.24, 2.45) is 0 Å². The number of hydrogen-bond acceptors (Lipinski definition) is 16. The molecule has 15 aromatic rings. The first kappa shape index (κ1) is 82.0. The molecule has 4 aliphatic heterocycles. The smallest absolute Gasteiger partial charge is 0.119 e. The Morgan fingerprint density at radius 2 is 0.383 bits per heavy atom. The summed E-state index contributed by atoms with van der Waals surface area (Å²) in [6.45, 7) is 5.72. The van der Waals surface area contributed by atoms with E-state index < -0.39 is 0 Å². The van der Waals surface area contributed by atoms with Gasteiger partial charge in [-0.25, -0.2) is 19.9 Å². The quantitative estimate of drug-likeness (QED) is 0.0263. The third-order valence-electron chi connectivity index (χ3n) is 22.2. The average molecular weight is 1680 g/mol. The van der Waals surface area contributed by atoms with Crippen LogP contribution in [0.3, 0.4) is 0 Å². The Morgan fingerprint density at radius 1 is 0.203 bits per heavy atom. The molecule has 0 saturated heterocycles. The number of aromatic amines is 4. The predicted octanol–water partition coefficient (Wildman–Crippen LogP) is 21.5. The van der Waals surface area contributed by atoms with Gasteiger partial charge < -0.3 is 57.8 Å². The van der Waals surface area contributed by atoms with Gasteiger partial charge in [-0.1, -0.05) is 72.2 Å². The third-order valence-corrected chi connectivity index (χ3v) is 22.2. The van der Waals surface area contributed by atoms with Crippen molar-refractivity contribution < 1.29 is 37.9 Å². The molecule has 626 valence electrons. The lowest BCUT2D eigenvalue weighted by molar-refractivity contribution is 0.0180. The molecule has 0 atom stereocenters. The van der Waals surface area contributed by atoms with Crippen molar-refractivity contribution >= 4 is 92.7 Å². The summed E-state index contributed by atoms with van der Waals surface area (Å²) in [6, 6.07) is 74.1. The van der Waals surface area contributed by atoms with Crippen molar-refractivity contribution in [2.45, 2.75) is 0 Å². The van der Waals surface area contributed by atoms with Gasteiger partial charge in [-0.2, -0.15) is 0 Å². The second-order valence-electron chi connectivity index (χ2n) is 30.4. The molecule has 5 aromatic carbocycles. The monoisotopic (exact) mass is 1680 g/mol. The van der Waals surface area contributed by atoms with Gasteiger partial charge in [-0.05, 0) is 263 Å². The maximum Gasteiger partial charge on any atom is 0.119 e. The zero-order valence-corrected chi connectivity index (χ0v) is 70.4. The normalized spacial score (nSPS) is 11.8. The molecule has 4 aliphatic rings. The van der Waals surface area contributed by atoms with Gasteiger partial charge in [0.25, 0.3) is 0 Å². The van der Waals surface area contributed by atoms with Gasteiger partial charge in [0.15, 0.2) is 0 Å². The number of methoxy groups -OCH3 is 2. The summed E-state index contributed by atoms with van der Waals surface area (Å²) in [6.07, 6.45) is 31.2. The van der Waals surface area contributed by atoms with Gasteiger partial charge in [0.05, 0.1) is 112 Å². The number of rotatable bonds is 28. The standard InChI is InChI=1S/C108H86N12O8/c1-121-59-61-123-63-65-125-67-69-127-83-23-19-77(20-24-83)103-89-31-39-97(117-89)105(79-43-51-109-52-44-79)93-35-27-85(113-93)101(86-28-36-94(114-86)106(80-45-53-110-54-46-80)98-40-32-90(103)118-98)75-15-11-73(12-16-75)9-7-71-3-5-72(6-4-71)8-10-74-13-17-76(18-14-74)102-87-29-37-95(115-87)107(81-47-55-111-56-48-81)99-41-33-91(119-99)104(78-21-25-84(26-22-78)128-70-68-126-66-64-124-62-60-122-2)92-34-42-100(120-92)108(82-49-57-112-58-50-82)96-38-30-88(102)116-96/h3-6,11-58,113,115,118,120H,59-70H2,1-2H3. The molecule has 16 bridgehead atoms. The molecule has 0 amide bonds. The minimum absolute atomic E-state index is 0.390. The molecule has 4 N–H and O–H groups in total. The summed E-state index contributed by atoms with van der Waals surface area (Å²) in [5.74, 6) is 15.2. The highest BCUT2D eigenvalue weighted by molar-refractivity contribution is 6.03. The number of nitrogens with zero attached hydrogens (tertiary/aromatic N) is 8. The van der Waals surface area contributed by atoms with Crippen LogP contribution in [0.25, 0.3) is 182 Å². The van der Waals surface area contributed by atoms with Crippen molar-refractivity contribution in [1.29, 1.82) is 0 Å². The maximum atomic E-state index is 6.15. The Balaban J connectivity index is 0.611. The number of nitrogens with one attached hydrogen (secondary N) is 4. The van der Waals surface area contributed by atoms with Crippen LogP contribution in [-0.4, -0.2) is 153 Å². The Bertz CT molecular complexity index is 6680. The van der Waals surface area contributed by atoms with E-state index in [-0.39, 0.29) is 0 Å². The lowest BCUT2D eigenvalue weighted by atomic mass is 10.0. The van der Waals surface area contributed by atoms with E-state index in [4.69, 9.17) is 57.8 Å². The average Bonchev–Trinajstić information content (AvgIpc) is 1.62. The van der Waals surface area contributed by atoms with E-state index in [1.54, 1.807) is 14.2 Å². The van der Waals surface area contributed by atoms with E-state index >= 15 is 0 Å². The van der Waals surface area contributed by atoms with Crippen LogP contribution in [0.5, 0.6) is 11.5 Å². The molecular weight excluding hydrogens is 1590 g/mol. The first-order chi connectivity index (χ1) is 63.4. The second kappa shape index (κ2) is 39.1. The van der Waals surface area contributed by atoms with Crippen molar-refractivity contribution in [3.8, 4) is 124 Å². The minimum atomic E-state index is 0.390. The molecule has 0 unspecified atom stereocenters. The Kier molecular flexibility index (Phi) is 25.0. The first-order valence-corrected chi connectivity index (χ1v) is 42.4. The Labute approximate surface area is 739 Å². The number of H-pyrrole nitrogens is 4. The van der Waals surface area contributed by atoms with Crippen LogP contribution >= 0.6 is 0 Å². The summed E-state index contributed by atoms with van der Waals surface area (Å²) in [4.78, 5) is 55.1. The van der Waals surface area contributed by atoms with Gasteiger partial charge in [0, 0.05) is 175 Å². The lowest BCUT2D eigenvalue weighted by Crippen LogP contribution is -2.12. The van der Waals surface area contributed by atoms with E-state index in [2.05, 4.69) is 233 Å². The van der Waals surface area contributed by atoms with Crippen molar-refractivity contribution in [3.05, 3.63) is 336 Å². The first-order valence-electron chi connectivity index (χ1n) is 42.4. The van der Waals surface area contributed by atoms with E-state index in [0.29, 0.717) is 79.3 Å². The van der Waals surface area contributed by atoms with Gasteiger partial charge in [0.1, 0.15) is 24.7 Å². The topological polar surface area (TPSA) is 240 Å². The summed E-state index contributed by atoms with van der Waals surface area (Å²) in [7, 11) is 3.31. The summed E-state index contributed by atoms with van der Waals surface area (Å²) in [5, 5.41) is 0. The van der Waals surface area contributed by atoms with E-state index in [9.17, 15) is 0 Å². The zero-order chi connectivity index (χ0) is 86.2. The molecule has 10 aromatic heterocycles. The fraction of sp³-hybridized carbons (Fsp3) is 0.130. The molecule has 0 saturated carbocycles. The van der Waals surface area contributed by atoms with Crippen LogP contribution in [-0.2, 0) is 28.4 Å². The van der Waals surface area contributed by atoms with Crippen LogP contribution in [0.15, 0.2) is 268 Å². The van der Waals surface area contributed by atoms with Crippen LogP contribution in [0.1, 0.15) is 67.8 Å². The highest BCUT2D eigenvalue weighted by atomic mass is 16.6. The van der Waals surface area contributed by atoms with Crippen molar-refractivity contribution in [3.63, 3.8) is 0 Å². The summed E-state index contributed by atoms with van der Waals surface area (Å²) >= 11 is 0. The molecular formula is C108H86N12O8. The van der Waals surface area contributed by atoms with E-state index in [0.717, 1.165) is 212 Å². The number of hydrogen-bond donors (Lipinski definition) is 4. The largest absolute Gasteiger partial charge is 0.491 e. The summed E-state index contributed by atoms with van der Waals surface area (Å²) < 4.78 is 45.0. The van der Waals surface area contributed by atoms with Crippen molar-refractivity contribution in [2.75, 3.05) is 93.5 Å². The predicted molar refractivity (Wildman–Crippen MR) is 509 cm³/mol. The number of aromatic nitrogens is 12. The van der Waals surface area contributed by atoms with Crippen LogP contribution in [0.2, 0.25) is 0 Å². The van der Waals surface area contributed by atoms with E-state index in [1.807, 2.05) is 147 Å². The molecule has 20 nitrogen and oxygen atoms in total. The van der Waals surface area contributed by atoms with Gasteiger partial charge >= 0.3 is 0 Å². The number of pyridine rings is 4. The number of fused-ring (bicyclic) bond motifs is 16. The molecule has 0 spiro atoms. The van der Waals surface area contributed by atoms with Crippen LogP contribution in [0, 0.1) is 23.7 Å². The summed E-state index contributed by atoms with van der Waals surface area (Å²) in [5.41, 5.74) is 31.6. The number of benzene rings is 5. The highest BCUT2D eigenvalue weighted by Gasteiger charge is 2.24. The molecule has 19 rings (SSSR count). The van der Waals surface area contributed by atoms with E-state index in [1.165, 1.54) is 0 Å². The van der Waals surface area contributed by atoms with Crippen LogP contribution < -0.4 is 9.47 Å². The minimum Gasteiger partial charge on any atom is -0.491 e.